The zero-order valence-corrected chi connectivity index (χ0v) is 9.95. The van der Waals surface area contributed by atoms with Crippen LogP contribution in [0.1, 0.15) is 5.69 Å². The molecule has 4 nitrogen and oxygen atoms in total. The van der Waals surface area contributed by atoms with E-state index in [4.69, 9.17) is 5.26 Å². The highest BCUT2D eigenvalue weighted by Crippen LogP contribution is 2.27. The summed E-state index contributed by atoms with van der Waals surface area (Å²) in [5, 5.41) is 18.7. The quantitative estimate of drug-likeness (QED) is 0.877. The molecule has 0 fully saturated rings. The van der Waals surface area contributed by atoms with Gasteiger partial charge in [-0.2, -0.15) is 14.0 Å². The maximum Gasteiger partial charge on any atom is 0.324 e. The molecule has 20 heavy (non-hydrogen) atoms. The summed E-state index contributed by atoms with van der Waals surface area (Å²) in [5.41, 5.74) is 0.113. The van der Waals surface area contributed by atoms with Gasteiger partial charge in [-0.05, 0) is 6.07 Å². The molecule has 0 saturated carbocycles. The van der Waals surface area contributed by atoms with Gasteiger partial charge in [-0.1, -0.05) is 18.2 Å². The van der Waals surface area contributed by atoms with Crippen molar-refractivity contribution >= 4 is 16.6 Å². The Hall–Kier alpha value is -2.43. The van der Waals surface area contributed by atoms with Crippen LogP contribution in [-0.4, -0.2) is 29.1 Å². The van der Waals surface area contributed by atoms with Crippen molar-refractivity contribution in [2.45, 2.75) is 12.3 Å². The largest absolute Gasteiger partial charge is 0.376 e. The summed E-state index contributed by atoms with van der Waals surface area (Å²) < 4.78 is 50.1. The van der Waals surface area contributed by atoms with Crippen molar-refractivity contribution in [3.8, 4) is 6.07 Å². The lowest BCUT2D eigenvalue weighted by Crippen LogP contribution is -2.35. The standard InChI is InChI=1S/C12H8F4N4/c13-11(14)12(15,16)6-18-10-7-3-1-2-4-8(7)19-20-9(10)5-17/h1-4,11H,6H2,(H,18,19). The van der Waals surface area contributed by atoms with E-state index in [0.717, 1.165) is 0 Å². The molecule has 0 aliphatic rings. The number of rotatable bonds is 4. The van der Waals surface area contributed by atoms with Crippen LogP contribution >= 0.6 is 0 Å². The number of nitrogens with one attached hydrogen (secondary N) is 1. The third-order valence-corrected chi connectivity index (χ3v) is 2.59. The van der Waals surface area contributed by atoms with Gasteiger partial charge in [0.05, 0.1) is 17.7 Å². The molecule has 0 radical (unpaired) electrons. The van der Waals surface area contributed by atoms with Crippen LogP contribution in [0, 0.1) is 11.3 Å². The predicted molar refractivity (Wildman–Crippen MR) is 63.7 cm³/mol. The third-order valence-electron chi connectivity index (χ3n) is 2.59. The lowest BCUT2D eigenvalue weighted by atomic mass is 10.1. The minimum atomic E-state index is -4.20. The number of nitriles is 1. The molecule has 2 rings (SSSR count). The van der Waals surface area contributed by atoms with Crippen molar-refractivity contribution < 1.29 is 17.6 Å². The first-order chi connectivity index (χ1) is 9.45. The normalized spacial score (nSPS) is 11.6. The van der Waals surface area contributed by atoms with E-state index in [2.05, 4.69) is 15.5 Å². The highest BCUT2D eigenvalue weighted by atomic mass is 19.3. The Bertz CT molecular complexity index is 666. The van der Waals surface area contributed by atoms with Crippen LogP contribution in [0.15, 0.2) is 24.3 Å². The van der Waals surface area contributed by atoms with E-state index in [-0.39, 0.29) is 11.4 Å². The summed E-state index contributed by atoms with van der Waals surface area (Å²) in [7, 11) is 0. The van der Waals surface area contributed by atoms with Crippen LogP contribution in [0.3, 0.4) is 0 Å². The third kappa shape index (κ3) is 2.61. The molecule has 0 aliphatic carbocycles. The zero-order chi connectivity index (χ0) is 14.8. The van der Waals surface area contributed by atoms with Crippen LogP contribution in [0.2, 0.25) is 0 Å². The second-order valence-corrected chi connectivity index (χ2v) is 3.97. The maximum absolute atomic E-state index is 12.9. The fourth-order valence-corrected chi connectivity index (χ4v) is 1.59. The topological polar surface area (TPSA) is 61.6 Å². The van der Waals surface area contributed by atoms with Gasteiger partial charge >= 0.3 is 12.3 Å². The second kappa shape index (κ2) is 5.28. The minimum Gasteiger partial charge on any atom is -0.376 e. The number of aromatic nitrogens is 2. The Kier molecular flexibility index (Phi) is 3.70. The van der Waals surface area contributed by atoms with Gasteiger partial charge < -0.3 is 5.32 Å². The molecule has 0 aliphatic heterocycles. The Morgan fingerprint density at radius 2 is 1.95 bits per heavy atom. The number of anilines is 1. The summed E-state index contributed by atoms with van der Waals surface area (Å²) in [6.45, 7) is -1.30. The molecule has 8 heteroatoms. The number of hydrogen-bond donors (Lipinski definition) is 1. The molecule has 2 aromatic rings. The molecule has 1 heterocycles. The van der Waals surface area contributed by atoms with Gasteiger partial charge in [0, 0.05) is 5.39 Å². The monoisotopic (exact) mass is 284 g/mol. The van der Waals surface area contributed by atoms with Crippen LogP contribution in [-0.2, 0) is 0 Å². The van der Waals surface area contributed by atoms with Crippen molar-refractivity contribution in [2.75, 3.05) is 11.9 Å². The number of halogens is 4. The van der Waals surface area contributed by atoms with Gasteiger partial charge in [-0.3, -0.25) is 0 Å². The van der Waals surface area contributed by atoms with Crippen molar-refractivity contribution in [3.63, 3.8) is 0 Å². The van der Waals surface area contributed by atoms with E-state index < -0.39 is 18.9 Å². The second-order valence-electron chi connectivity index (χ2n) is 3.97. The van der Waals surface area contributed by atoms with Gasteiger partial charge in [-0.25, -0.2) is 8.78 Å². The Balaban J connectivity index is 2.40. The molecule has 0 unspecified atom stereocenters. The fraction of sp³-hybridized carbons (Fsp3) is 0.250. The number of alkyl halides is 4. The molecular formula is C12H8F4N4. The molecule has 1 N–H and O–H groups in total. The SMILES string of the molecule is N#Cc1nnc2ccccc2c1NCC(F)(F)C(F)F. The van der Waals surface area contributed by atoms with E-state index in [1.54, 1.807) is 24.3 Å². The van der Waals surface area contributed by atoms with Crippen molar-refractivity contribution in [1.82, 2.24) is 10.2 Å². The smallest absolute Gasteiger partial charge is 0.324 e. The molecule has 1 aromatic heterocycles. The molecule has 0 saturated heterocycles. The van der Waals surface area contributed by atoms with E-state index >= 15 is 0 Å². The first-order valence-electron chi connectivity index (χ1n) is 5.51. The van der Waals surface area contributed by atoms with Crippen LogP contribution in [0.4, 0.5) is 23.2 Å². The molecule has 104 valence electrons. The number of nitrogens with zero attached hydrogens (tertiary/aromatic N) is 3. The highest BCUT2D eigenvalue weighted by molar-refractivity contribution is 5.92. The van der Waals surface area contributed by atoms with Crippen LogP contribution in [0.5, 0.6) is 0 Å². The van der Waals surface area contributed by atoms with Crippen LogP contribution < -0.4 is 5.32 Å². The lowest BCUT2D eigenvalue weighted by Gasteiger charge is -2.17. The summed E-state index contributed by atoms with van der Waals surface area (Å²) >= 11 is 0. The van der Waals surface area contributed by atoms with E-state index in [0.29, 0.717) is 10.9 Å². The summed E-state index contributed by atoms with van der Waals surface area (Å²) in [4.78, 5) is 0. The van der Waals surface area contributed by atoms with Crippen molar-refractivity contribution in [2.24, 2.45) is 0 Å². The average Bonchev–Trinajstić information content (AvgIpc) is 2.44. The Morgan fingerprint density at radius 1 is 1.25 bits per heavy atom. The number of fused-ring (bicyclic) bond motifs is 1. The van der Waals surface area contributed by atoms with Gasteiger partial charge in [-0.15, -0.1) is 10.2 Å². The van der Waals surface area contributed by atoms with Gasteiger partial charge in [0.25, 0.3) is 0 Å². The summed E-state index contributed by atoms with van der Waals surface area (Å²) in [5.74, 6) is -4.20. The maximum atomic E-state index is 12.9. The molecule has 0 bridgehead atoms. The Morgan fingerprint density at radius 3 is 2.60 bits per heavy atom. The fourth-order valence-electron chi connectivity index (χ4n) is 1.59. The predicted octanol–water partition coefficient (Wildman–Crippen LogP) is 2.81. The zero-order valence-electron chi connectivity index (χ0n) is 9.95. The first-order valence-corrected chi connectivity index (χ1v) is 5.51. The summed E-state index contributed by atoms with van der Waals surface area (Å²) in [6.07, 6.45) is -3.79. The number of benzene rings is 1. The van der Waals surface area contributed by atoms with E-state index in [1.165, 1.54) is 6.07 Å². The van der Waals surface area contributed by atoms with E-state index in [9.17, 15) is 17.6 Å². The highest BCUT2D eigenvalue weighted by Gasteiger charge is 2.40. The van der Waals surface area contributed by atoms with Gasteiger partial charge in [0.1, 0.15) is 6.07 Å². The Labute approximate surface area is 111 Å². The molecular weight excluding hydrogens is 276 g/mol. The van der Waals surface area contributed by atoms with Crippen molar-refractivity contribution in [3.05, 3.63) is 30.0 Å². The van der Waals surface area contributed by atoms with E-state index in [1.807, 2.05) is 0 Å². The van der Waals surface area contributed by atoms with Gasteiger partial charge in [0.15, 0.2) is 5.69 Å². The molecule has 0 spiro atoms. The minimum absolute atomic E-state index is 0.0292. The lowest BCUT2D eigenvalue weighted by molar-refractivity contribution is -0.117. The average molecular weight is 284 g/mol. The first kappa shape index (κ1) is 14.0. The summed E-state index contributed by atoms with van der Waals surface area (Å²) in [6, 6.07) is 8.06. The molecule has 0 amide bonds. The molecule has 0 atom stereocenters. The van der Waals surface area contributed by atoms with Crippen LogP contribution in [0.25, 0.3) is 10.9 Å². The van der Waals surface area contributed by atoms with Crippen molar-refractivity contribution in [1.29, 1.82) is 5.26 Å². The van der Waals surface area contributed by atoms with Gasteiger partial charge in [0.2, 0.25) is 0 Å². The molecule has 1 aromatic carbocycles. The number of hydrogen-bond acceptors (Lipinski definition) is 4.